The molecule has 47 heavy (non-hydrogen) atoms. The normalized spacial score (nSPS) is 10.8. The van der Waals surface area contributed by atoms with Crippen LogP contribution in [0.2, 0.25) is 5.02 Å². The Hall–Kier alpha value is -5.72. The van der Waals surface area contributed by atoms with Crippen LogP contribution in [0.3, 0.4) is 0 Å². The van der Waals surface area contributed by atoms with Gasteiger partial charge in [-0.1, -0.05) is 41.9 Å². The van der Waals surface area contributed by atoms with Gasteiger partial charge in [0.05, 0.1) is 36.2 Å². The van der Waals surface area contributed by atoms with Crippen molar-refractivity contribution in [3.05, 3.63) is 112 Å². The highest BCUT2D eigenvalue weighted by Gasteiger charge is 2.21. The summed E-state index contributed by atoms with van der Waals surface area (Å²) < 4.78 is 17.2. The number of halogens is 1. The maximum absolute atomic E-state index is 12.9. The first-order valence-electron chi connectivity index (χ1n) is 14.1. The average Bonchev–Trinajstić information content (AvgIpc) is 3.42. The van der Waals surface area contributed by atoms with Crippen LogP contribution in [-0.4, -0.2) is 43.6 Å². The number of fused-ring (bicyclic) bond motifs is 1. The number of hydrogen-bond acceptors (Lipinski definition) is 9. The molecule has 0 saturated heterocycles. The number of anilines is 2. The molecule has 11 nitrogen and oxygen atoms in total. The molecule has 0 unspecified atom stereocenters. The van der Waals surface area contributed by atoms with E-state index < -0.39 is 23.7 Å². The van der Waals surface area contributed by atoms with Crippen molar-refractivity contribution in [1.82, 2.24) is 5.43 Å². The van der Waals surface area contributed by atoms with Crippen molar-refractivity contribution in [2.75, 3.05) is 24.4 Å². The van der Waals surface area contributed by atoms with Gasteiger partial charge in [-0.15, -0.1) is 11.3 Å². The van der Waals surface area contributed by atoms with Crippen molar-refractivity contribution >= 4 is 74.3 Å². The molecule has 0 radical (unpaired) electrons. The molecule has 13 heteroatoms. The number of amides is 3. The first kappa shape index (κ1) is 32.7. The molecule has 0 spiro atoms. The SMILES string of the molecule is CCOc1ccc(NC(=O)c2ccccc2NC(=O)C(=O)NN=Cc2ccc(OC(=O)c3sc4ccccc4c3Cl)c(OC)c2)cc1. The number of rotatable bonds is 10. The van der Waals surface area contributed by atoms with Gasteiger partial charge in [-0.2, -0.15) is 5.10 Å². The first-order chi connectivity index (χ1) is 22.8. The lowest BCUT2D eigenvalue weighted by molar-refractivity contribution is -0.136. The third-order valence-electron chi connectivity index (χ3n) is 6.54. The lowest BCUT2D eigenvalue weighted by atomic mass is 10.1. The summed E-state index contributed by atoms with van der Waals surface area (Å²) in [5.41, 5.74) is 3.42. The van der Waals surface area contributed by atoms with Crippen LogP contribution in [-0.2, 0) is 9.59 Å². The molecule has 0 aliphatic rings. The second-order valence-corrected chi connectivity index (χ2v) is 11.1. The summed E-state index contributed by atoms with van der Waals surface area (Å²) in [5.74, 6) is -2.19. The highest BCUT2D eigenvalue weighted by Crippen LogP contribution is 2.37. The summed E-state index contributed by atoms with van der Waals surface area (Å²) in [4.78, 5) is 51.2. The number of para-hydroxylation sites is 1. The second-order valence-electron chi connectivity index (χ2n) is 9.65. The van der Waals surface area contributed by atoms with E-state index in [1.165, 1.54) is 48.9 Å². The van der Waals surface area contributed by atoms with Crippen molar-refractivity contribution in [3.63, 3.8) is 0 Å². The lowest BCUT2D eigenvalue weighted by Crippen LogP contribution is -2.33. The smallest absolute Gasteiger partial charge is 0.355 e. The van der Waals surface area contributed by atoms with Gasteiger partial charge < -0.3 is 24.8 Å². The van der Waals surface area contributed by atoms with Crippen molar-refractivity contribution in [2.45, 2.75) is 6.92 Å². The summed E-state index contributed by atoms with van der Waals surface area (Å²) >= 11 is 7.63. The van der Waals surface area contributed by atoms with Gasteiger partial charge in [0.2, 0.25) is 0 Å². The van der Waals surface area contributed by atoms with E-state index in [2.05, 4.69) is 21.2 Å². The van der Waals surface area contributed by atoms with Crippen LogP contribution in [0.25, 0.3) is 10.1 Å². The molecule has 4 aromatic carbocycles. The molecule has 0 atom stereocenters. The van der Waals surface area contributed by atoms with E-state index in [0.29, 0.717) is 28.6 Å². The molecule has 0 aliphatic heterocycles. The molecule has 0 aliphatic carbocycles. The summed E-state index contributed by atoms with van der Waals surface area (Å²) in [6.07, 6.45) is 1.28. The zero-order valence-electron chi connectivity index (χ0n) is 25.0. The quantitative estimate of drug-likeness (QED) is 0.0504. The third-order valence-corrected chi connectivity index (χ3v) is 8.20. The van der Waals surface area contributed by atoms with E-state index in [4.69, 9.17) is 25.8 Å². The van der Waals surface area contributed by atoms with Crippen LogP contribution >= 0.6 is 22.9 Å². The largest absolute Gasteiger partial charge is 0.494 e. The van der Waals surface area contributed by atoms with E-state index in [0.717, 1.165) is 10.1 Å². The standard InChI is InChI=1S/C34H27ClN4O7S/c1-3-45-22-15-13-21(14-16-22)37-31(40)23-8-4-6-10-25(23)38-32(41)33(42)39-36-19-20-12-17-26(27(18-20)44-2)46-34(43)30-29(35)24-9-5-7-11-28(24)47-30/h4-19H,3H2,1-2H3,(H,37,40)(H,38,41)(H,39,42). The molecule has 5 aromatic rings. The Morgan fingerprint density at radius 3 is 2.36 bits per heavy atom. The molecule has 238 valence electrons. The minimum Gasteiger partial charge on any atom is -0.494 e. The summed E-state index contributed by atoms with van der Waals surface area (Å²) in [6, 6.07) is 25.1. The number of methoxy groups -OCH3 is 1. The average molecular weight is 671 g/mol. The number of carbonyl (C=O) groups excluding carboxylic acids is 4. The van der Waals surface area contributed by atoms with E-state index in [9.17, 15) is 19.2 Å². The van der Waals surface area contributed by atoms with Crippen molar-refractivity contribution < 1.29 is 33.4 Å². The highest BCUT2D eigenvalue weighted by atomic mass is 35.5. The Labute approximate surface area is 278 Å². The maximum atomic E-state index is 12.9. The van der Waals surface area contributed by atoms with Crippen LogP contribution in [0.15, 0.2) is 96.1 Å². The molecule has 0 saturated carbocycles. The van der Waals surface area contributed by atoms with Crippen LogP contribution in [0.5, 0.6) is 17.2 Å². The van der Waals surface area contributed by atoms with Gasteiger partial charge in [0.1, 0.15) is 10.6 Å². The summed E-state index contributed by atoms with van der Waals surface area (Å²) in [5, 5.41) is 10.1. The third kappa shape index (κ3) is 7.93. The number of thiophene rings is 1. The van der Waals surface area contributed by atoms with Gasteiger partial charge in [-0.3, -0.25) is 14.4 Å². The Morgan fingerprint density at radius 2 is 1.62 bits per heavy atom. The molecule has 1 heterocycles. The van der Waals surface area contributed by atoms with E-state index in [-0.39, 0.29) is 27.6 Å². The van der Waals surface area contributed by atoms with Gasteiger partial charge in [0.15, 0.2) is 11.5 Å². The predicted molar refractivity (Wildman–Crippen MR) is 181 cm³/mol. The van der Waals surface area contributed by atoms with Crippen molar-refractivity contribution in [1.29, 1.82) is 0 Å². The van der Waals surface area contributed by atoms with Crippen LogP contribution < -0.4 is 30.3 Å². The van der Waals surface area contributed by atoms with E-state index >= 15 is 0 Å². The molecule has 3 N–H and O–H groups in total. The Morgan fingerprint density at radius 1 is 0.872 bits per heavy atom. The van der Waals surface area contributed by atoms with Gasteiger partial charge in [0, 0.05) is 15.8 Å². The van der Waals surface area contributed by atoms with Crippen LogP contribution in [0.1, 0.15) is 32.5 Å². The summed E-state index contributed by atoms with van der Waals surface area (Å²) in [7, 11) is 1.41. The fourth-order valence-corrected chi connectivity index (χ4v) is 5.71. The molecule has 3 amide bonds. The maximum Gasteiger partial charge on any atom is 0.355 e. The number of hydrazone groups is 1. The second kappa shape index (κ2) is 15.0. The van der Waals surface area contributed by atoms with Gasteiger partial charge in [0.25, 0.3) is 5.91 Å². The van der Waals surface area contributed by atoms with Crippen LogP contribution in [0.4, 0.5) is 11.4 Å². The zero-order chi connectivity index (χ0) is 33.3. The van der Waals surface area contributed by atoms with Crippen LogP contribution in [0, 0.1) is 0 Å². The Balaban J connectivity index is 1.18. The number of carbonyl (C=O) groups is 4. The highest BCUT2D eigenvalue weighted by molar-refractivity contribution is 7.21. The number of nitrogens with one attached hydrogen (secondary N) is 3. The van der Waals surface area contributed by atoms with E-state index in [1.807, 2.05) is 31.2 Å². The minimum atomic E-state index is -1.07. The fourth-order valence-electron chi connectivity index (χ4n) is 4.33. The molecular formula is C34H27ClN4O7S. The number of hydrogen-bond donors (Lipinski definition) is 3. The van der Waals surface area contributed by atoms with Crippen molar-refractivity contribution in [3.8, 4) is 17.2 Å². The number of benzene rings is 4. The molecular weight excluding hydrogens is 644 g/mol. The molecule has 0 fully saturated rings. The number of esters is 1. The first-order valence-corrected chi connectivity index (χ1v) is 15.3. The Bertz CT molecular complexity index is 1990. The topological polar surface area (TPSA) is 144 Å². The zero-order valence-corrected chi connectivity index (χ0v) is 26.6. The minimum absolute atomic E-state index is 0.131. The monoisotopic (exact) mass is 670 g/mol. The molecule has 0 bridgehead atoms. The lowest BCUT2D eigenvalue weighted by Gasteiger charge is -2.11. The number of ether oxygens (including phenoxy) is 3. The molecule has 5 rings (SSSR count). The fraction of sp³-hybridized carbons (Fsp3) is 0.0882. The van der Waals surface area contributed by atoms with Gasteiger partial charge >= 0.3 is 17.8 Å². The van der Waals surface area contributed by atoms with Crippen molar-refractivity contribution in [2.24, 2.45) is 5.10 Å². The Kier molecular flexibility index (Phi) is 10.5. The predicted octanol–water partition coefficient (Wildman–Crippen LogP) is 6.52. The van der Waals surface area contributed by atoms with Gasteiger partial charge in [-0.05, 0) is 73.2 Å². The molecule has 1 aromatic heterocycles. The van der Waals surface area contributed by atoms with E-state index in [1.54, 1.807) is 42.5 Å². The summed E-state index contributed by atoms with van der Waals surface area (Å²) in [6.45, 7) is 2.39. The van der Waals surface area contributed by atoms with Gasteiger partial charge in [-0.25, -0.2) is 10.2 Å². The number of nitrogens with zero attached hydrogens (tertiary/aromatic N) is 1.